The number of ether oxygens (including phenoxy) is 3. The molecule has 6 nitrogen and oxygen atoms in total. The number of carbonyl (C=O) groups excluding carboxylic acids is 1. The van der Waals surface area contributed by atoms with Crippen LogP contribution in [0.1, 0.15) is 18.4 Å². The van der Waals surface area contributed by atoms with Gasteiger partial charge in [-0.15, -0.1) is 0 Å². The van der Waals surface area contributed by atoms with Crippen LogP contribution in [0.25, 0.3) is 0 Å². The summed E-state index contributed by atoms with van der Waals surface area (Å²) in [5.74, 6) is 0. The molecule has 0 spiro atoms. The number of rotatable bonds is 8. The van der Waals surface area contributed by atoms with Gasteiger partial charge in [0.25, 0.3) is 0 Å². The number of urea groups is 1. The fourth-order valence-corrected chi connectivity index (χ4v) is 2.26. The average molecular weight is 308 g/mol. The quantitative estimate of drug-likeness (QED) is 0.722. The Hall–Kier alpha value is -1.63. The first-order valence-corrected chi connectivity index (χ1v) is 7.60. The Kier molecular flexibility index (Phi) is 7.15. The van der Waals surface area contributed by atoms with Gasteiger partial charge in [-0.3, -0.25) is 0 Å². The zero-order valence-corrected chi connectivity index (χ0v) is 13.0. The number of hydrogen-bond acceptors (Lipinski definition) is 4. The minimum absolute atomic E-state index is 0.145. The summed E-state index contributed by atoms with van der Waals surface area (Å²) in [4.78, 5) is 11.9. The first-order valence-electron chi connectivity index (χ1n) is 7.60. The van der Waals surface area contributed by atoms with Gasteiger partial charge in [-0.05, 0) is 30.5 Å². The Morgan fingerprint density at radius 3 is 3.09 bits per heavy atom. The van der Waals surface area contributed by atoms with Gasteiger partial charge in [-0.1, -0.05) is 12.1 Å². The van der Waals surface area contributed by atoms with Gasteiger partial charge in [0.2, 0.25) is 0 Å². The molecule has 1 atom stereocenters. The number of nitrogens with one attached hydrogen (secondary N) is 2. The van der Waals surface area contributed by atoms with Crippen LogP contribution in [0.3, 0.4) is 0 Å². The number of hydrogen-bond donors (Lipinski definition) is 2. The van der Waals surface area contributed by atoms with Crippen LogP contribution in [0.5, 0.6) is 0 Å². The van der Waals surface area contributed by atoms with Crippen LogP contribution >= 0.6 is 0 Å². The molecule has 1 aliphatic heterocycles. The molecular formula is C16H24N2O4. The summed E-state index contributed by atoms with van der Waals surface area (Å²) in [7, 11) is 1.64. The number of amides is 2. The molecule has 1 aromatic carbocycles. The lowest BCUT2D eigenvalue weighted by Crippen LogP contribution is -2.35. The van der Waals surface area contributed by atoms with Crippen LogP contribution in [-0.2, 0) is 20.8 Å². The van der Waals surface area contributed by atoms with Gasteiger partial charge < -0.3 is 24.8 Å². The third-order valence-electron chi connectivity index (χ3n) is 3.40. The summed E-state index contributed by atoms with van der Waals surface area (Å²) >= 11 is 0. The second-order valence-electron chi connectivity index (χ2n) is 5.22. The standard InChI is InChI=1S/C16H24N2O4/c1-20-8-9-21-12-13-4-2-5-14(10-13)18-16(19)17-11-15-6-3-7-22-15/h2,4-5,10,15H,3,6-9,11-12H2,1H3,(H2,17,18,19). The predicted molar refractivity (Wildman–Crippen MR) is 84.0 cm³/mol. The Labute approximate surface area is 131 Å². The van der Waals surface area contributed by atoms with Crippen LogP contribution in [-0.4, -0.2) is 45.6 Å². The highest BCUT2D eigenvalue weighted by atomic mass is 16.5. The van der Waals surface area contributed by atoms with Gasteiger partial charge >= 0.3 is 6.03 Å². The van der Waals surface area contributed by atoms with E-state index < -0.39 is 0 Å². The van der Waals surface area contributed by atoms with Crippen LogP contribution in [0.15, 0.2) is 24.3 Å². The number of carbonyl (C=O) groups is 1. The summed E-state index contributed by atoms with van der Waals surface area (Å²) in [6.45, 7) is 2.96. The van der Waals surface area contributed by atoms with Crippen molar-refractivity contribution in [1.82, 2.24) is 5.32 Å². The van der Waals surface area contributed by atoms with Crippen molar-refractivity contribution in [2.24, 2.45) is 0 Å². The van der Waals surface area contributed by atoms with E-state index in [4.69, 9.17) is 14.2 Å². The van der Waals surface area contributed by atoms with Gasteiger partial charge in [-0.2, -0.15) is 0 Å². The van der Waals surface area contributed by atoms with Crippen LogP contribution in [0.4, 0.5) is 10.5 Å². The highest BCUT2D eigenvalue weighted by Crippen LogP contribution is 2.12. The summed E-state index contributed by atoms with van der Waals surface area (Å²) in [6, 6.07) is 7.39. The number of anilines is 1. The van der Waals surface area contributed by atoms with Crippen molar-refractivity contribution in [2.45, 2.75) is 25.6 Å². The maximum absolute atomic E-state index is 11.9. The van der Waals surface area contributed by atoms with Crippen molar-refractivity contribution in [1.29, 1.82) is 0 Å². The Morgan fingerprint density at radius 1 is 1.41 bits per heavy atom. The zero-order chi connectivity index (χ0) is 15.6. The largest absolute Gasteiger partial charge is 0.382 e. The van der Waals surface area contributed by atoms with E-state index in [0.717, 1.165) is 30.7 Å². The molecule has 0 radical (unpaired) electrons. The summed E-state index contributed by atoms with van der Waals surface area (Å²) in [6.07, 6.45) is 2.22. The van der Waals surface area contributed by atoms with E-state index >= 15 is 0 Å². The number of methoxy groups -OCH3 is 1. The van der Waals surface area contributed by atoms with E-state index in [1.807, 2.05) is 24.3 Å². The maximum Gasteiger partial charge on any atom is 0.319 e. The van der Waals surface area contributed by atoms with Gasteiger partial charge in [0.05, 0.1) is 25.9 Å². The van der Waals surface area contributed by atoms with E-state index in [1.54, 1.807) is 7.11 Å². The van der Waals surface area contributed by atoms with Gasteiger partial charge in [0.1, 0.15) is 0 Å². The van der Waals surface area contributed by atoms with Gasteiger partial charge in [-0.25, -0.2) is 4.79 Å². The summed E-state index contributed by atoms with van der Waals surface area (Å²) in [5.41, 5.74) is 1.76. The van der Waals surface area contributed by atoms with Crippen molar-refractivity contribution in [3.63, 3.8) is 0 Å². The van der Waals surface area contributed by atoms with E-state index in [2.05, 4.69) is 10.6 Å². The molecule has 2 rings (SSSR count). The summed E-state index contributed by atoms with van der Waals surface area (Å²) < 4.78 is 15.9. The molecule has 0 bridgehead atoms. The molecule has 1 fully saturated rings. The zero-order valence-electron chi connectivity index (χ0n) is 13.0. The molecule has 22 heavy (non-hydrogen) atoms. The van der Waals surface area contributed by atoms with Crippen molar-refractivity contribution in [3.8, 4) is 0 Å². The molecule has 1 unspecified atom stereocenters. The molecule has 6 heteroatoms. The van der Waals surface area contributed by atoms with Crippen LogP contribution in [0.2, 0.25) is 0 Å². The molecule has 2 N–H and O–H groups in total. The minimum atomic E-state index is -0.215. The van der Waals surface area contributed by atoms with Crippen LogP contribution < -0.4 is 10.6 Å². The fourth-order valence-electron chi connectivity index (χ4n) is 2.26. The molecule has 1 aromatic rings. The van der Waals surface area contributed by atoms with E-state index in [1.165, 1.54) is 0 Å². The highest BCUT2D eigenvalue weighted by molar-refractivity contribution is 5.89. The highest BCUT2D eigenvalue weighted by Gasteiger charge is 2.16. The molecule has 1 heterocycles. The SMILES string of the molecule is COCCOCc1cccc(NC(=O)NCC2CCCO2)c1. The number of benzene rings is 1. The molecule has 0 aromatic heterocycles. The average Bonchev–Trinajstić information content (AvgIpc) is 3.03. The maximum atomic E-state index is 11.9. The van der Waals surface area contributed by atoms with E-state index in [9.17, 15) is 4.79 Å². The molecule has 1 aliphatic rings. The lowest BCUT2D eigenvalue weighted by atomic mass is 10.2. The molecule has 0 aliphatic carbocycles. The van der Waals surface area contributed by atoms with Crippen molar-refractivity contribution in [2.75, 3.05) is 38.8 Å². The van der Waals surface area contributed by atoms with Gasteiger partial charge in [0.15, 0.2) is 0 Å². The molecule has 0 saturated carbocycles. The third kappa shape index (κ3) is 6.01. The normalized spacial score (nSPS) is 17.4. The van der Waals surface area contributed by atoms with Crippen LogP contribution in [0, 0.1) is 0 Å². The minimum Gasteiger partial charge on any atom is -0.382 e. The molecule has 122 valence electrons. The van der Waals surface area contributed by atoms with E-state index in [0.29, 0.717) is 26.4 Å². The Bertz CT molecular complexity index is 461. The van der Waals surface area contributed by atoms with Crippen molar-refractivity contribution >= 4 is 11.7 Å². The monoisotopic (exact) mass is 308 g/mol. The Balaban J connectivity index is 1.72. The fraction of sp³-hybridized carbons (Fsp3) is 0.562. The van der Waals surface area contributed by atoms with Crippen molar-refractivity contribution < 1.29 is 19.0 Å². The molecule has 1 saturated heterocycles. The predicted octanol–water partition coefficient (Wildman–Crippen LogP) is 2.15. The summed E-state index contributed by atoms with van der Waals surface area (Å²) in [5, 5.41) is 5.65. The first-order chi connectivity index (χ1) is 10.8. The first kappa shape index (κ1) is 16.7. The lowest BCUT2D eigenvalue weighted by molar-refractivity contribution is 0.0617. The second kappa shape index (κ2) is 9.40. The molecule has 2 amide bonds. The van der Waals surface area contributed by atoms with Gasteiger partial charge in [0, 0.05) is 25.9 Å². The van der Waals surface area contributed by atoms with Crippen molar-refractivity contribution in [3.05, 3.63) is 29.8 Å². The third-order valence-corrected chi connectivity index (χ3v) is 3.40. The topological polar surface area (TPSA) is 68.8 Å². The lowest BCUT2D eigenvalue weighted by Gasteiger charge is -2.12. The second-order valence-corrected chi connectivity index (χ2v) is 5.22. The van der Waals surface area contributed by atoms with E-state index in [-0.39, 0.29) is 12.1 Å². The molecular weight excluding hydrogens is 284 g/mol. The smallest absolute Gasteiger partial charge is 0.319 e. The Morgan fingerprint density at radius 2 is 2.32 bits per heavy atom.